The molecule has 0 N–H and O–H groups in total. The minimum Gasteiger partial charge on any atom is -0.357 e. The van der Waals surface area contributed by atoms with Gasteiger partial charge < -0.3 is 4.90 Å². The highest BCUT2D eigenvalue weighted by atomic mass is 16.6. The van der Waals surface area contributed by atoms with E-state index in [-0.39, 0.29) is 5.69 Å². The normalized spacial score (nSPS) is 10.9. The predicted molar refractivity (Wildman–Crippen MR) is 71.9 cm³/mol. The van der Waals surface area contributed by atoms with Gasteiger partial charge in [0.05, 0.1) is 10.4 Å². The summed E-state index contributed by atoms with van der Waals surface area (Å²) in [5, 5.41) is 11.5. The number of aromatic nitrogens is 1. The summed E-state index contributed by atoms with van der Waals surface area (Å²) in [6, 6.07) is 8.81. The molecule has 5 nitrogen and oxygen atoms in total. The van der Waals surface area contributed by atoms with Gasteiger partial charge in [0, 0.05) is 30.6 Å². The SMILES string of the molecule is CC(C)N(C)c1ccc2cc([N+](=O)[O-])ccc2n1. The van der Waals surface area contributed by atoms with Gasteiger partial charge in [0.25, 0.3) is 5.69 Å². The van der Waals surface area contributed by atoms with E-state index in [9.17, 15) is 10.1 Å². The van der Waals surface area contributed by atoms with Crippen molar-refractivity contribution in [1.82, 2.24) is 4.98 Å². The molecule has 0 saturated heterocycles. The Morgan fingerprint density at radius 1 is 1.28 bits per heavy atom. The first kappa shape index (κ1) is 12.3. The number of pyridine rings is 1. The Labute approximate surface area is 105 Å². The van der Waals surface area contributed by atoms with Crippen molar-refractivity contribution >= 4 is 22.4 Å². The van der Waals surface area contributed by atoms with E-state index in [0.717, 1.165) is 16.7 Å². The average molecular weight is 245 g/mol. The van der Waals surface area contributed by atoms with Gasteiger partial charge in [-0.15, -0.1) is 0 Å². The van der Waals surface area contributed by atoms with Crippen molar-refractivity contribution in [3.05, 3.63) is 40.4 Å². The molecular formula is C13H15N3O2. The second-order valence-corrected chi connectivity index (χ2v) is 4.51. The maximum atomic E-state index is 10.7. The number of benzene rings is 1. The van der Waals surface area contributed by atoms with Gasteiger partial charge in [0.1, 0.15) is 5.82 Å². The van der Waals surface area contributed by atoms with Crippen LogP contribution < -0.4 is 4.90 Å². The molecular weight excluding hydrogens is 230 g/mol. The number of nitro groups is 1. The van der Waals surface area contributed by atoms with Crippen LogP contribution in [0.2, 0.25) is 0 Å². The quantitative estimate of drug-likeness (QED) is 0.616. The molecule has 18 heavy (non-hydrogen) atoms. The Hall–Kier alpha value is -2.17. The maximum Gasteiger partial charge on any atom is 0.270 e. The Bertz CT molecular complexity index is 596. The highest BCUT2D eigenvalue weighted by Gasteiger charge is 2.10. The lowest BCUT2D eigenvalue weighted by atomic mass is 10.2. The van der Waals surface area contributed by atoms with Gasteiger partial charge in [-0.25, -0.2) is 4.98 Å². The summed E-state index contributed by atoms with van der Waals surface area (Å²) in [4.78, 5) is 16.8. The van der Waals surface area contributed by atoms with E-state index in [1.54, 1.807) is 12.1 Å². The summed E-state index contributed by atoms with van der Waals surface area (Å²) < 4.78 is 0. The molecule has 0 unspecified atom stereocenters. The third kappa shape index (κ3) is 2.25. The molecule has 2 rings (SSSR count). The first-order valence-corrected chi connectivity index (χ1v) is 5.77. The Balaban J connectivity index is 2.47. The van der Waals surface area contributed by atoms with Crippen LogP contribution in [0.3, 0.4) is 0 Å². The summed E-state index contributed by atoms with van der Waals surface area (Å²) in [6.45, 7) is 4.17. The van der Waals surface area contributed by atoms with Gasteiger partial charge in [-0.3, -0.25) is 10.1 Å². The van der Waals surface area contributed by atoms with Gasteiger partial charge in [-0.05, 0) is 32.0 Å². The Morgan fingerprint density at radius 2 is 2.00 bits per heavy atom. The summed E-state index contributed by atoms with van der Waals surface area (Å²) in [5.41, 5.74) is 0.861. The predicted octanol–water partition coefficient (Wildman–Crippen LogP) is 2.99. The van der Waals surface area contributed by atoms with Gasteiger partial charge in [-0.1, -0.05) is 0 Å². The summed E-state index contributed by atoms with van der Waals surface area (Å²) in [7, 11) is 1.98. The molecule has 2 aromatic rings. The summed E-state index contributed by atoms with van der Waals surface area (Å²) in [5.74, 6) is 0.867. The second kappa shape index (κ2) is 4.60. The molecule has 0 aliphatic rings. The van der Waals surface area contributed by atoms with Crippen LogP contribution in [0.15, 0.2) is 30.3 Å². The van der Waals surface area contributed by atoms with E-state index in [1.165, 1.54) is 6.07 Å². The lowest BCUT2D eigenvalue weighted by molar-refractivity contribution is -0.384. The number of rotatable bonds is 3. The Kier molecular flexibility index (Phi) is 3.14. The first-order chi connectivity index (χ1) is 8.49. The van der Waals surface area contributed by atoms with Crippen LogP contribution in [-0.4, -0.2) is 23.0 Å². The maximum absolute atomic E-state index is 10.7. The Morgan fingerprint density at radius 3 is 2.61 bits per heavy atom. The molecule has 0 amide bonds. The van der Waals surface area contributed by atoms with Crippen molar-refractivity contribution in [1.29, 1.82) is 0 Å². The molecule has 0 aliphatic carbocycles. The molecule has 94 valence electrons. The minimum atomic E-state index is -0.395. The van der Waals surface area contributed by atoms with Crippen molar-refractivity contribution in [3.63, 3.8) is 0 Å². The van der Waals surface area contributed by atoms with Crippen LogP contribution in [0, 0.1) is 10.1 Å². The summed E-state index contributed by atoms with van der Waals surface area (Å²) >= 11 is 0. The lowest BCUT2D eigenvalue weighted by Crippen LogP contribution is -2.26. The molecule has 0 saturated carbocycles. The third-order valence-corrected chi connectivity index (χ3v) is 3.00. The molecule has 1 aromatic carbocycles. The standard InChI is InChI=1S/C13H15N3O2/c1-9(2)15(3)13-7-4-10-8-11(16(17)18)5-6-12(10)14-13/h4-9H,1-3H3. The van der Waals surface area contributed by atoms with Gasteiger partial charge in [0.15, 0.2) is 0 Å². The van der Waals surface area contributed by atoms with E-state index >= 15 is 0 Å². The largest absolute Gasteiger partial charge is 0.357 e. The lowest BCUT2D eigenvalue weighted by Gasteiger charge is -2.22. The van der Waals surface area contributed by atoms with Crippen LogP contribution >= 0.6 is 0 Å². The molecule has 0 aliphatic heterocycles. The second-order valence-electron chi connectivity index (χ2n) is 4.51. The molecule has 5 heteroatoms. The molecule has 0 spiro atoms. The molecule has 1 heterocycles. The van der Waals surface area contributed by atoms with E-state index < -0.39 is 4.92 Å². The zero-order valence-electron chi connectivity index (χ0n) is 10.6. The number of hydrogen-bond acceptors (Lipinski definition) is 4. The van der Waals surface area contributed by atoms with Crippen LogP contribution in [0.1, 0.15) is 13.8 Å². The van der Waals surface area contributed by atoms with Crippen molar-refractivity contribution in [2.75, 3.05) is 11.9 Å². The fourth-order valence-corrected chi connectivity index (χ4v) is 1.68. The van der Waals surface area contributed by atoms with Crippen LogP contribution in [0.5, 0.6) is 0 Å². The van der Waals surface area contributed by atoms with E-state index in [2.05, 4.69) is 23.7 Å². The number of hydrogen-bond donors (Lipinski definition) is 0. The van der Waals surface area contributed by atoms with Crippen LogP contribution in [-0.2, 0) is 0 Å². The topological polar surface area (TPSA) is 59.3 Å². The zero-order valence-corrected chi connectivity index (χ0v) is 10.6. The van der Waals surface area contributed by atoms with Crippen LogP contribution in [0.25, 0.3) is 10.9 Å². The minimum absolute atomic E-state index is 0.0919. The molecule has 0 bridgehead atoms. The molecule has 0 atom stereocenters. The average Bonchev–Trinajstić information content (AvgIpc) is 2.36. The monoisotopic (exact) mass is 245 g/mol. The molecule has 0 fully saturated rings. The summed E-state index contributed by atoms with van der Waals surface area (Å²) in [6.07, 6.45) is 0. The van der Waals surface area contributed by atoms with Crippen molar-refractivity contribution in [2.24, 2.45) is 0 Å². The third-order valence-electron chi connectivity index (χ3n) is 3.00. The van der Waals surface area contributed by atoms with Gasteiger partial charge in [0.2, 0.25) is 0 Å². The highest BCUT2D eigenvalue weighted by molar-refractivity contribution is 5.82. The number of nitrogens with zero attached hydrogens (tertiary/aromatic N) is 3. The highest BCUT2D eigenvalue weighted by Crippen LogP contribution is 2.22. The molecule has 0 radical (unpaired) electrons. The zero-order chi connectivity index (χ0) is 13.3. The number of nitro benzene ring substituents is 1. The number of fused-ring (bicyclic) bond motifs is 1. The fraction of sp³-hybridized carbons (Fsp3) is 0.308. The van der Waals surface area contributed by atoms with Crippen molar-refractivity contribution in [3.8, 4) is 0 Å². The van der Waals surface area contributed by atoms with E-state index in [4.69, 9.17) is 0 Å². The van der Waals surface area contributed by atoms with Gasteiger partial charge >= 0.3 is 0 Å². The first-order valence-electron chi connectivity index (χ1n) is 5.77. The van der Waals surface area contributed by atoms with Gasteiger partial charge in [-0.2, -0.15) is 0 Å². The number of anilines is 1. The van der Waals surface area contributed by atoms with Crippen molar-refractivity contribution in [2.45, 2.75) is 19.9 Å². The smallest absolute Gasteiger partial charge is 0.270 e. The van der Waals surface area contributed by atoms with Crippen LogP contribution in [0.4, 0.5) is 11.5 Å². The number of non-ortho nitro benzene ring substituents is 1. The fourth-order valence-electron chi connectivity index (χ4n) is 1.68. The van der Waals surface area contributed by atoms with E-state index in [0.29, 0.717) is 6.04 Å². The van der Waals surface area contributed by atoms with E-state index in [1.807, 2.05) is 19.2 Å². The van der Waals surface area contributed by atoms with Crippen molar-refractivity contribution < 1.29 is 4.92 Å². The molecule has 1 aromatic heterocycles.